The Hall–Kier alpha value is -2.41. The number of carboxylic acids is 1. The number of aromatic carboxylic acids is 1. The van der Waals surface area contributed by atoms with Gasteiger partial charge in [0.25, 0.3) is 5.69 Å². The van der Waals surface area contributed by atoms with Crippen LogP contribution in [0, 0.1) is 10.1 Å². The van der Waals surface area contributed by atoms with Crippen molar-refractivity contribution in [1.82, 2.24) is 9.78 Å². The predicted octanol–water partition coefficient (Wildman–Crippen LogP) is 2.62. The number of benzene rings is 1. The molecule has 108 valence electrons. The lowest BCUT2D eigenvalue weighted by Gasteiger charge is -2.06. The number of hydrogen-bond donors (Lipinski definition) is 1. The average molecular weight is 308 g/mol. The quantitative estimate of drug-likeness (QED) is 0.694. The van der Waals surface area contributed by atoms with E-state index in [0.717, 1.165) is 12.1 Å². The molecule has 21 heavy (non-hydrogen) atoms. The van der Waals surface area contributed by atoms with Crippen molar-refractivity contribution in [2.45, 2.75) is 19.3 Å². The van der Waals surface area contributed by atoms with Crippen LogP contribution in [0.4, 0.5) is 5.69 Å². The molecule has 1 aliphatic carbocycles. The third-order valence-corrected chi connectivity index (χ3v) is 3.73. The molecule has 0 radical (unpaired) electrons. The largest absolute Gasteiger partial charge is 0.476 e. The standard InChI is InChI=1S/C13H10ClN3O4/c14-7-4-5-10(11(6-7)17(20)21)16-9-3-1-2-8(9)12(15-16)13(18)19/h4-6H,1-3H2,(H,18,19). The van der Waals surface area contributed by atoms with Crippen molar-refractivity contribution in [1.29, 1.82) is 0 Å². The highest BCUT2D eigenvalue weighted by Crippen LogP contribution is 2.32. The molecule has 1 heterocycles. The van der Waals surface area contributed by atoms with Gasteiger partial charge in [-0.2, -0.15) is 5.10 Å². The molecule has 2 aromatic rings. The normalized spacial score (nSPS) is 13.2. The summed E-state index contributed by atoms with van der Waals surface area (Å²) in [5.74, 6) is -1.12. The summed E-state index contributed by atoms with van der Waals surface area (Å²) in [7, 11) is 0. The summed E-state index contributed by atoms with van der Waals surface area (Å²) in [6.07, 6.45) is 2.09. The van der Waals surface area contributed by atoms with Gasteiger partial charge in [0.05, 0.1) is 4.92 Å². The maximum absolute atomic E-state index is 11.2. The van der Waals surface area contributed by atoms with Crippen molar-refractivity contribution < 1.29 is 14.8 Å². The number of hydrogen-bond acceptors (Lipinski definition) is 4. The van der Waals surface area contributed by atoms with Gasteiger partial charge >= 0.3 is 5.97 Å². The minimum Gasteiger partial charge on any atom is -0.476 e. The van der Waals surface area contributed by atoms with Gasteiger partial charge in [0.2, 0.25) is 0 Å². The Morgan fingerprint density at radius 1 is 1.43 bits per heavy atom. The van der Waals surface area contributed by atoms with Gasteiger partial charge in [0, 0.05) is 22.3 Å². The van der Waals surface area contributed by atoms with Crippen LogP contribution in [-0.2, 0) is 12.8 Å². The summed E-state index contributed by atoms with van der Waals surface area (Å²) >= 11 is 5.79. The van der Waals surface area contributed by atoms with Gasteiger partial charge in [-0.1, -0.05) is 11.6 Å². The van der Waals surface area contributed by atoms with Crippen molar-refractivity contribution in [3.05, 3.63) is 50.3 Å². The fourth-order valence-corrected chi connectivity index (χ4v) is 2.80. The van der Waals surface area contributed by atoms with Gasteiger partial charge in [0.15, 0.2) is 5.69 Å². The molecule has 8 heteroatoms. The van der Waals surface area contributed by atoms with Crippen molar-refractivity contribution in [3.8, 4) is 5.69 Å². The highest BCUT2D eigenvalue weighted by molar-refractivity contribution is 6.30. The topological polar surface area (TPSA) is 98.3 Å². The van der Waals surface area contributed by atoms with E-state index in [2.05, 4.69) is 5.10 Å². The van der Waals surface area contributed by atoms with Crippen LogP contribution in [0.25, 0.3) is 5.69 Å². The monoisotopic (exact) mass is 307 g/mol. The Morgan fingerprint density at radius 2 is 2.19 bits per heavy atom. The summed E-state index contributed by atoms with van der Waals surface area (Å²) < 4.78 is 1.36. The zero-order valence-corrected chi connectivity index (χ0v) is 11.5. The lowest BCUT2D eigenvalue weighted by Crippen LogP contribution is -2.06. The Balaban J connectivity index is 2.25. The molecule has 7 nitrogen and oxygen atoms in total. The number of nitro groups is 1. The second kappa shape index (κ2) is 4.85. The number of nitro benzene ring substituents is 1. The zero-order valence-electron chi connectivity index (χ0n) is 10.7. The summed E-state index contributed by atoms with van der Waals surface area (Å²) in [4.78, 5) is 21.9. The molecular formula is C13H10ClN3O4. The average Bonchev–Trinajstić information content (AvgIpc) is 3.00. The maximum Gasteiger partial charge on any atom is 0.356 e. The number of fused-ring (bicyclic) bond motifs is 1. The fourth-order valence-electron chi connectivity index (χ4n) is 2.63. The lowest BCUT2D eigenvalue weighted by molar-refractivity contribution is -0.384. The third kappa shape index (κ3) is 2.15. The van der Waals surface area contributed by atoms with Crippen LogP contribution < -0.4 is 0 Å². The number of rotatable bonds is 3. The minimum absolute atomic E-state index is 0.0354. The van der Waals surface area contributed by atoms with Crippen molar-refractivity contribution in [2.75, 3.05) is 0 Å². The molecule has 0 saturated heterocycles. The highest BCUT2D eigenvalue weighted by atomic mass is 35.5. The maximum atomic E-state index is 11.2. The summed E-state index contributed by atoms with van der Waals surface area (Å²) in [5.41, 5.74) is 1.38. The van der Waals surface area contributed by atoms with E-state index in [0.29, 0.717) is 18.4 Å². The summed E-state index contributed by atoms with van der Waals surface area (Å²) in [6.45, 7) is 0. The Labute approximate surface area is 123 Å². The van der Waals surface area contributed by atoms with E-state index in [1.54, 1.807) is 0 Å². The van der Waals surface area contributed by atoms with Gasteiger partial charge in [-0.05, 0) is 31.4 Å². The smallest absolute Gasteiger partial charge is 0.356 e. The second-order valence-corrected chi connectivity index (χ2v) is 5.17. The number of nitrogens with zero attached hydrogens (tertiary/aromatic N) is 3. The molecule has 1 N–H and O–H groups in total. The molecule has 1 aromatic carbocycles. The molecule has 0 bridgehead atoms. The van der Waals surface area contributed by atoms with E-state index in [-0.39, 0.29) is 22.1 Å². The molecule has 3 rings (SSSR count). The van der Waals surface area contributed by atoms with E-state index in [1.807, 2.05) is 0 Å². The number of halogens is 1. The molecule has 0 spiro atoms. The van der Waals surface area contributed by atoms with Crippen molar-refractivity contribution >= 4 is 23.3 Å². The van der Waals surface area contributed by atoms with Gasteiger partial charge < -0.3 is 5.11 Å². The molecule has 1 aromatic heterocycles. The molecule has 0 saturated carbocycles. The van der Waals surface area contributed by atoms with E-state index < -0.39 is 10.9 Å². The lowest BCUT2D eigenvalue weighted by atomic mass is 10.2. The fraction of sp³-hybridized carbons (Fsp3) is 0.231. The zero-order chi connectivity index (χ0) is 15.1. The first-order valence-electron chi connectivity index (χ1n) is 6.27. The molecule has 0 aliphatic heterocycles. The minimum atomic E-state index is -1.12. The molecule has 0 amide bonds. The third-order valence-electron chi connectivity index (χ3n) is 3.50. The van der Waals surface area contributed by atoms with Gasteiger partial charge in [-0.25, -0.2) is 9.48 Å². The van der Waals surface area contributed by atoms with Crippen molar-refractivity contribution in [2.24, 2.45) is 0 Å². The van der Waals surface area contributed by atoms with Crippen LogP contribution in [0.5, 0.6) is 0 Å². The first-order valence-corrected chi connectivity index (χ1v) is 6.65. The molecule has 1 aliphatic rings. The first kappa shape index (κ1) is 13.6. The second-order valence-electron chi connectivity index (χ2n) is 4.73. The van der Waals surface area contributed by atoms with E-state index in [9.17, 15) is 20.0 Å². The predicted molar refractivity (Wildman–Crippen MR) is 74.2 cm³/mol. The highest BCUT2D eigenvalue weighted by Gasteiger charge is 2.29. The first-order chi connectivity index (χ1) is 9.99. The van der Waals surface area contributed by atoms with E-state index >= 15 is 0 Å². The number of aromatic nitrogens is 2. The van der Waals surface area contributed by atoms with Crippen LogP contribution in [0.1, 0.15) is 28.2 Å². The molecule has 0 atom stereocenters. The van der Waals surface area contributed by atoms with Crippen LogP contribution in [0.15, 0.2) is 18.2 Å². The van der Waals surface area contributed by atoms with Crippen LogP contribution >= 0.6 is 11.6 Å². The molecule has 0 unspecified atom stereocenters. The Bertz CT molecular complexity index is 769. The van der Waals surface area contributed by atoms with E-state index in [1.165, 1.54) is 22.9 Å². The summed E-state index contributed by atoms with van der Waals surface area (Å²) in [6, 6.07) is 4.24. The number of carboxylic acid groups (broad SMARTS) is 1. The van der Waals surface area contributed by atoms with Crippen LogP contribution in [-0.4, -0.2) is 25.8 Å². The molecule has 0 fully saturated rings. The van der Waals surface area contributed by atoms with Crippen LogP contribution in [0.3, 0.4) is 0 Å². The van der Waals surface area contributed by atoms with Gasteiger partial charge in [-0.15, -0.1) is 0 Å². The Morgan fingerprint density at radius 3 is 2.86 bits per heavy atom. The number of carbonyl (C=O) groups is 1. The van der Waals surface area contributed by atoms with Crippen molar-refractivity contribution in [3.63, 3.8) is 0 Å². The van der Waals surface area contributed by atoms with Gasteiger partial charge in [-0.3, -0.25) is 10.1 Å². The van der Waals surface area contributed by atoms with Crippen LogP contribution in [0.2, 0.25) is 5.02 Å². The summed E-state index contributed by atoms with van der Waals surface area (Å²) in [5, 5.41) is 24.7. The van der Waals surface area contributed by atoms with Gasteiger partial charge in [0.1, 0.15) is 5.69 Å². The Kier molecular flexibility index (Phi) is 3.13. The SMILES string of the molecule is O=C(O)c1nn(-c2ccc(Cl)cc2[N+](=O)[O-])c2c1CCC2. The molecular weight excluding hydrogens is 298 g/mol. The van der Waals surface area contributed by atoms with E-state index in [4.69, 9.17) is 11.6 Å².